The molecule has 0 bridgehead atoms. The van der Waals surface area contributed by atoms with E-state index in [2.05, 4.69) is 106 Å². The third kappa shape index (κ3) is 41.7. The zero-order valence-corrected chi connectivity index (χ0v) is 36.1. The number of rotatable bonds is 39. The summed E-state index contributed by atoms with van der Waals surface area (Å²) in [4.78, 5) is 37.6. The number of unbranched alkanes of at least 4 members (excludes halogenated alkanes) is 14. The van der Waals surface area contributed by atoms with Crippen molar-refractivity contribution in [1.29, 1.82) is 0 Å². The van der Waals surface area contributed by atoms with Crippen LogP contribution in [0.25, 0.3) is 0 Å². The normalized spacial score (nSPS) is 12.8. The van der Waals surface area contributed by atoms with E-state index in [0.717, 1.165) is 103 Å². The monoisotopic (exact) mass is 779 g/mol. The van der Waals surface area contributed by atoms with Gasteiger partial charge in [-0.25, -0.2) is 0 Å². The topological polar surface area (TPSA) is 78.9 Å². The Kier molecular flexibility index (Phi) is 41.6. The second-order valence-corrected chi connectivity index (χ2v) is 14.5. The molecule has 0 heterocycles. The van der Waals surface area contributed by atoms with Crippen LogP contribution in [0, 0.1) is 0 Å². The second kappa shape index (κ2) is 44.3. The fourth-order valence-electron chi connectivity index (χ4n) is 5.80. The van der Waals surface area contributed by atoms with Gasteiger partial charge in [0.05, 0.1) is 0 Å². The number of carbonyl (C=O) groups excluding carboxylic acids is 3. The Labute approximate surface area is 344 Å². The smallest absolute Gasteiger partial charge is 0.306 e. The molecule has 6 heteroatoms. The molecule has 1 atom stereocenters. The summed E-state index contributed by atoms with van der Waals surface area (Å²) in [5.41, 5.74) is 0. The number of allylic oxidation sites excluding steroid dienone is 14. The molecule has 0 saturated carbocycles. The summed E-state index contributed by atoms with van der Waals surface area (Å²) in [6.45, 7) is 6.28. The van der Waals surface area contributed by atoms with Crippen LogP contribution in [0.15, 0.2) is 85.1 Å². The number of carbonyl (C=O) groups is 3. The van der Waals surface area contributed by atoms with E-state index in [1.54, 1.807) is 0 Å². The number of hydrogen-bond acceptors (Lipinski definition) is 6. The number of hydrogen-bond donors (Lipinski definition) is 0. The van der Waals surface area contributed by atoms with Crippen molar-refractivity contribution in [3.05, 3.63) is 85.1 Å². The Hall–Kier alpha value is -3.41. The van der Waals surface area contributed by atoms with Gasteiger partial charge in [-0.2, -0.15) is 0 Å². The van der Waals surface area contributed by atoms with Gasteiger partial charge in [-0.1, -0.05) is 170 Å². The fraction of sp³-hybridized carbons (Fsp3) is 0.660. The van der Waals surface area contributed by atoms with Crippen LogP contribution in [0.1, 0.15) is 194 Å². The van der Waals surface area contributed by atoms with E-state index in [1.807, 2.05) is 0 Å². The fourth-order valence-corrected chi connectivity index (χ4v) is 5.80. The summed E-state index contributed by atoms with van der Waals surface area (Å²) >= 11 is 0. The summed E-state index contributed by atoms with van der Waals surface area (Å²) in [5, 5.41) is 0. The van der Waals surface area contributed by atoms with Crippen molar-refractivity contribution >= 4 is 17.9 Å². The van der Waals surface area contributed by atoms with Gasteiger partial charge in [0.1, 0.15) is 13.2 Å². The van der Waals surface area contributed by atoms with E-state index in [0.29, 0.717) is 19.3 Å². The molecule has 0 amide bonds. The molecular weight excluding hydrogens is 697 g/mol. The molecule has 0 aromatic carbocycles. The van der Waals surface area contributed by atoms with Crippen LogP contribution in [-0.4, -0.2) is 37.2 Å². The van der Waals surface area contributed by atoms with E-state index in [4.69, 9.17) is 14.2 Å². The average molecular weight is 779 g/mol. The Morgan fingerprint density at radius 2 is 0.696 bits per heavy atom. The first-order chi connectivity index (χ1) is 27.5. The minimum Gasteiger partial charge on any atom is -0.462 e. The van der Waals surface area contributed by atoms with Crippen LogP contribution >= 0.6 is 0 Å². The van der Waals surface area contributed by atoms with Crippen molar-refractivity contribution in [2.45, 2.75) is 200 Å². The summed E-state index contributed by atoms with van der Waals surface area (Å²) in [6, 6.07) is 0. The SMILES string of the molecule is CC/C=C\C/C=C\C/C=C\C/C=C\CCCCC(=O)OC(COC(=O)CCCCCCCC)COC(=O)CCCCCCCCC/C=C\C/C=C\C/C=C\CC. The molecule has 0 saturated heterocycles. The predicted octanol–water partition coefficient (Wildman–Crippen LogP) is 14.5. The van der Waals surface area contributed by atoms with Crippen LogP contribution in [0.5, 0.6) is 0 Å². The molecule has 0 aliphatic carbocycles. The molecule has 0 N–H and O–H groups in total. The van der Waals surface area contributed by atoms with Gasteiger partial charge in [-0.05, 0) is 89.9 Å². The van der Waals surface area contributed by atoms with E-state index in [9.17, 15) is 14.4 Å². The Morgan fingerprint density at radius 1 is 0.375 bits per heavy atom. The van der Waals surface area contributed by atoms with Crippen molar-refractivity contribution in [3.63, 3.8) is 0 Å². The van der Waals surface area contributed by atoms with Gasteiger partial charge in [-0.15, -0.1) is 0 Å². The lowest BCUT2D eigenvalue weighted by Gasteiger charge is -2.18. The van der Waals surface area contributed by atoms with Crippen LogP contribution < -0.4 is 0 Å². The van der Waals surface area contributed by atoms with Gasteiger partial charge >= 0.3 is 17.9 Å². The Bertz CT molecular complexity index is 1120. The Morgan fingerprint density at radius 3 is 1.12 bits per heavy atom. The molecule has 0 aliphatic heterocycles. The third-order valence-corrected chi connectivity index (χ3v) is 9.15. The van der Waals surface area contributed by atoms with Crippen molar-refractivity contribution in [2.75, 3.05) is 13.2 Å². The maximum absolute atomic E-state index is 12.7. The highest BCUT2D eigenvalue weighted by Crippen LogP contribution is 2.12. The van der Waals surface area contributed by atoms with Gasteiger partial charge in [-0.3, -0.25) is 14.4 Å². The summed E-state index contributed by atoms with van der Waals surface area (Å²) in [5.74, 6) is -0.968. The maximum atomic E-state index is 12.7. The van der Waals surface area contributed by atoms with E-state index < -0.39 is 6.10 Å². The molecule has 0 aromatic rings. The van der Waals surface area contributed by atoms with Crippen molar-refractivity contribution in [2.24, 2.45) is 0 Å². The van der Waals surface area contributed by atoms with Crippen LogP contribution in [0.2, 0.25) is 0 Å². The van der Waals surface area contributed by atoms with Gasteiger partial charge < -0.3 is 14.2 Å². The van der Waals surface area contributed by atoms with Gasteiger partial charge in [0.25, 0.3) is 0 Å². The highest BCUT2D eigenvalue weighted by atomic mass is 16.6. The molecule has 0 fully saturated rings. The Balaban J connectivity index is 4.36. The molecule has 1 unspecified atom stereocenters. The van der Waals surface area contributed by atoms with Crippen molar-refractivity contribution in [3.8, 4) is 0 Å². The van der Waals surface area contributed by atoms with Gasteiger partial charge in [0.15, 0.2) is 6.10 Å². The lowest BCUT2D eigenvalue weighted by Crippen LogP contribution is -2.30. The van der Waals surface area contributed by atoms with Crippen LogP contribution in [0.3, 0.4) is 0 Å². The van der Waals surface area contributed by atoms with E-state index >= 15 is 0 Å². The first kappa shape index (κ1) is 52.6. The van der Waals surface area contributed by atoms with Gasteiger partial charge in [0, 0.05) is 19.3 Å². The van der Waals surface area contributed by atoms with Crippen molar-refractivity contribution in [1.82, 2.24) is 0 Å². The summed E-state index contributed by atoms with van der Waals surface area (Å²) in [7, 11) is 0. The first-order valence-electron chi connectivity index (χ1n) is 22.6. The van der Waals surface area contributed by atoms with Crippen molar-refractivity contribution < 1.29 is 28.6 Å². The minimum atomic E-state index is -0.798. The zero-order valence-electron chi connectivity index (χ0n) is 36.1. The van der Waals surface area contributed by atoms with E-state index in [-0.39, 0.29) is 37.5 Å². The lowest BCUT2D eigenvalue weighted by atomic mass is 10.1. The number of ether oxygens (including phenoxy) is 3. The molecule has 0 aromatic heterocycles. The lowest BCUT2D eigenvalue weighted by molar-refractivity contribution is -0.167. The van der Waals surface area contributed by atoms with Crippen LogP contribution in [0.4, 0.5) is 0 Å². The molecule has 56 heavy (non-hydrogen) atoms. The quantitative estimate of drug-likeness (QED) is 0.0268. The molecule has 0 radical (unpaired) electrons. The largest absolute Gasteiger partial charge is 0.462 e. The van der Waals surface area contributed by atoms with Gasteiger partial charge in [0.2, 0.25) is 0 Å². The number of esters is 3. The second-order valence-electron chi connectivity index (χ2n) is 14.5. The molecular formula is C50H82O6. The average Bonchev–Trinajstić information content (AvgIpc) is 3.19. The standard InChI is InChI=1S/C50H82O6/c1-4-7-10-13-16-18-20-22-24-25-27-28-30-32-34-37-40-43-49(52)55-46-47(45-54-48(51)42-39-36-15-12-9-6-3)56-50(53)44-41-38-35-33-31-29-26-23-21-19-17-14-11-8-5-2/h7-8,10-11,16-19,22-24,26,31,33,47H,4-6,9,12-15,20-21,25,27-30,32,34-46H2,1-3H3/b10-7-,11-8-,18-16-,19-17-,24-22-,26-23-,33-31-. The third-order valence-electron chi connectivity index (χ3n) is 9.15. The summed E-state index contributed by atoms with van der Waals surface area (Å²) in [6.07, 6.45) is 55.9. The molecule has 0 rings (SSSR count). The maximum Gasteiger partial charge on any atom is 0.306 e. The molecule has 0 aliphatic rings. The molecule has 0 spiro atoms. The first-order valence-corrected chi connectivity index (χ1v) is 22.6. The predicted molar refractivity (Wildman–Crippen MR) is 237 cm³/mol. The van der Waals surface area contributed by atoms with Crippen LogP contribution in [-0.2, 0) is 28.6 Å². The molecule has 318 valence electrons. The minimum absolute atomic E-state index is 0.0978. The highest BCUT2D eigenvalue weighted by molar-refractivity contribution is 5.71. The van der Waals surface area contributed by atoms with E-state index in [1.165, 1.54) is 44.9 Å². The highest BCUT2D eigenvalue weighted by Gasteiger charge is 2.19. The summed E-state index contributed by atoms with van der Waals surface area (Å²) < 4.78 is 16.6. The molecule has 6 nitrogen and oxygen atoms in total. The zero-order chi connectivity index (χ0) is 40.8.